The molecule has 1 aliphatic heterocycles. The highest BCUT2D eigenvalue weighted by Gasteiger charge is 2.26. The first kappa shape index (κ1) is 22.5. The Kier molecular flexibility index (Phi) is 7.02. The zero-order chi connectivity index (χ0) is 23.2. The van der Waals surface area contributed by atoms with E-state index in [9.17, 15) is 9.18 Å². The van der Waals surface area contributed by atoms with Crippen LogP contribution in [0, 0.1) is 11.7 Å². The Morgan fingerprint density at radius 3 is 2.55 bits per heavy atom. The van der Waals surface area contributed by atoms with Crippen LogP contribution in [0.4, 0.5) is 10.2 Å². The van der Waals surface area contributed by atoms with Gasteiger partial charge >= 0.3 is 0 Å². The average molecular weight is 451 g/mol. The molecule has 0 saturated carbocycles. The smallest absolute Gasteiger partial charge is 0.223 e. The Labute approximate surface area is 192 Å². The number of aromatic nitrogens is 2. The van der Waals surface area contributed by atoms with E-state index in [0.717, 1.165) is 42.9 Å². The van der Waals surface area contributed by atoms with Crippen LogP contribution in [0.25, 0.3) is 11.4 Å². The monoisotopic (exact) mass is 450 g/mol. The number of piperidine rings is 1. The molecule has 172 valence electrons. The van der Waals surface area contributed by atoms with Crippen LogP contribution in [-0.4, -0.2) is 43.2 Å². The molecule has 1 amide bonds. The Morgan fingerprint density at radius 1 is 1.09 bits per heavy atom. The van der Waals surface area contributed by atoms with Gasteiger partial charge in [0.05, 0.1) is 14.2 Å². The van der Waals surface area contributed by atoms with Crippen LogP contribution in [0.2, 0.25) is 0 Å². The third-order valence-corrected chi connectivity index (χ3v) is 5.88. The minimum Gasteiger partial charge on any atom is -0.497 e. The van der Waals surface area contributed by atoms with Gasteiger partial charge in [-0.3, -0.25) is 4.79 Å². The third kappa shape index (κ3) is 5.39. The lowest BCUT2D eigenvalue weighted by Gasteiger charge is -2.32. The SMILES string of the molecule is COc1ccc(CNC(=O)C2CCN(c3ccnc(-c4ccc(F)cc4)n3)CC2)c(OC)c1. The first-order valence-corrected chi connectivity index (χ1v) is 10.9. The van der Waals surface area contributed by atoms with Crippen molar-refractivity contribution >= 4 is 11.7 Å². The topological polar surface area (TPSA) is 76.6 Å². The molecule has 2 heterocycles. The lowest BCUT2D eigenvalue weighted by Crippen LogP contribution is -2.40. The molecule has 0 unspecified atom stereocenters. The van der Waals surface area contributed by atoms with E-state index < -0.39 is 0 Å². The number of nitrogens with one attached hydrogen (secondary N) is 1. The molecule has 4 rings (SSSR count). The highest BCUT2D eigenvalue weighted by atomic mass is 19.1. The molecule has 33 heavy (non-hydrogen) atoms. The van der Waals surface area contributed by atoms with E-state index in [-0.39, 0.29) is 17.6 Å². The average Bonchev–Trinajstić information content (AvgIpc) is 2.87. The van der Waals surface area contributed by atoms with Crippen molar-refractivity contribution < 1.29 is 18.7 Å². The van der Waals surface area contributed by atoms with Crippen molar-refractivity contribution in [3.05, 3.63) is 66.1 Å². The first-order chi connectivity index (χ1) is 16.1. The molecule has 2 aromatic carbocycles. The fourth-order valence-electron chi connectivity index (χ4n) is 3.96. The number of carbonyl (C=O) groups is 1. The van der Waals surface area contributed by atoms with Crippen molar-refractivity contribution in [2.45, 2.75) is 19.4 Å². The number of hydrogen-bond donors (Lipinski definition) is 1. The number of nitrogens with zero attached hydrogens (tertiary/aromatic N) is 3. The minimum absolute atomic E-state index is 0.0437. The molecular formula is C25H27FN4O3. The van der Waals surface area contributed by atoms with Crippen LogP contribution in [0.3, 0.4) is 0 Å². The van der Waals surface area contributed by atoms with Gasteiger partial charge in [0.15, 0.2) is 5.82 Å². The van der Waals surface area contributed by atoms with Gasteiger partial charge in [0.2, 0.25) is 5.91 Å². The molecule has 7 nitrogen and oxygen atoms in total. The molecule has 1 fully saturated rings. The Hall–Kier alpha value is -3.68. The van der Waals surface area contributed by atoms with Gasteiger partial charge in [0.1, 0.15) is 23.1 Å². The largest absolute Gasteiger partial charge is 0.497 e. The fraction of sp³-hybridized carbons (Fsp3) is 0.320. The highest BCUT2D eigenvalue weighted by molar-refractivity contribution is 5.79. The van der Waals surface area contributed by atoms with E-state index in [2.05, 4.69) is 20.2 Å². The minimum atomic E-state index is -0.291. The maximum absolute atomic E-state index is 13.2. The molecule has 1 aliphatic rings. The summed E-state index contributed by atoms with van der Waals surface area (Å²) in [5, 5.41) is 3.04. The van der Waals surface area contributed by atoms with Gasteiger partial charge in [0.25, 0.3) is 0 Å². The second-order valence-corrected chi connectivity index (χ2v) is 7.90. The molecular weight excluding hydrogens is 423 g/mol. The van der Waals surface area contributed by atoms with E-state index in [1.54, 1.807) is 32.5 Å². The Balaban J connectivity index is 1.33. The second-order valence-electron chi connectivity index (χ2n) is 7.90. The number of methoxy groups -OCH3 is 2. The van der Waals surface area contributed by atoms with Crippen LogP contribution in [0.1, 0.15) is 18.4 Å². The lowest BCUT2D eigenvalue weighted by molar-refractivity contribution is -0.125. The van der Waals surface area contributed by atoms with Crippen LogP contribution < -0.4 is 19.7 Å². The van der Waals surface area contributed by atoms with Crippen molar-refractivity contribution in [2.75, 3.05) is 32.2 Å². The number of ether oxygens (including phenoxy) is 2. The number of halogens is 1. The summed E-state index contributed by atoms with van der Waals surface area (Å²) in [4.78, 5) is 23.9. The molecule has 1 aromatic heterocycles. The summed E-state index contributed by atoms with van der Waals surface area (Å²) in [7, 11) is 3.21. The van der Waals surface area contributed by atoms with Gasteiger partial charge in [-0.05, 0) is 55.3 Å². The van der Waals surface area contributed by atoms with E-state index in [4.69, 9.17) is 9.47 Å². The van der Waals surface area contributed by atoms with Crippen LogP contribution in [-0.2, 0) is 11.3 Å². The van der Waals surface area contributed by atoms with E-state index in [1.165, 1.54) is 12.1 Å². The maximum Gasteiger partial charge on any atom is 0.223 e. The van der Waals surface area contributed by atoms with Crippen LogP contribution in [0.5, 0.6) is 11.5 Å². The summed E-state index contributed by atoms with van der Waals surface area (Å²) in [5.41, 5.74) is 1.67. The molecule has 1 N–H and O–H groups in total. The summed E-state index contributed by atoms with van der Waals surface area (Å²) in [6.45, 7) is 1.85. The van der Waals surface area contributed by atoms with Gasteiger partial charge in [-0.1, -0.05) is 0 Å². The number of rotatable bonds is 7. The van der Waals surface area contributed by atoms with Crippen molar-refractivity contribution in [3.63, 3.8) is 0 Å². The molecule has 0 spiro atoms. The van der Waals surface area contributed by atoms with Gasteiger partial charge in [-0.25, -0.2) is 14.4 Å². The normalized spacial score (nSPS) is 14.1. The molecule has 8 heteroatoms. The van der Waals surface area contributed by atoms with Gasteiger partial charge in [-0.15, -0.1) is 0 Å². The van der Waals surface area contributed by atoms with Crippen molar-refractivity contribution in [1.82, 2.24) is 15.3 Å². The van der Waals surface area contributed by atoms with E-state index in [0.29, 0.717) is 23.9 Å². The lowest BCUT2D eigenvalue weighted by atomic mass is 9.95. The standard InChI is InChI=1S/C25H27FN4O3/c1-32-21-8-5-19(22(15-21)33-2)16-28-25(31)18-10-13-30(14-11-18)23-9-12-27-24(29-23)17-3-6-20(26)7-4-17/h3-9,12,15,18H,10-11,13-14,16H2,1-2H3,(H,28,31). The summed E-state index contributed by atoms with van der Waals surface area (Å²) < 4.78 is 23.8. The van der Waals surface area contributed by atoms with Gasteiger partial charge in [0, 0.05) is 48.9 Å². The predicted octanol–water partition coefficient (Wildman–Crippen LogP) is 3.83. The van der Waals surface area contributed by atoms with E-state index in [1.807, 2.05) is 24.3 Å². The van der Waals surface area contributed by atoms with E-state index >= 15 is 0 Å². The van der Waals surface area contributed by atoms with Crippen LogP contribution >= 0.6 is 0 Å². The highest BCUT2D eigenvalue weighted by Crippen LogP contribution is 2.26. The molecule has 3 aromatic rings. The van der Waals surface area contributed by atoms with Crippen molar-refractivity contribution in [3.8, 4) is 22.9 Å². The summed E-state index contributed by atoms with van der Waals surface area (Å²) in [6.07, 6.45) is 3.19. The molecule has 0 aliphatic carbocycles. The van der Waals surface area contributed by atoms with Crippen molar-refractivity contribution in [1.29, 1.82) is 0 Å². The van der Waals surface area contributed by atoms with Crippen LogP contribution in [0.15, 0.2) is 54.7 Å². The molecule has 0 radical (unpaired) electrons. The summed E-state index contributed by atoms with van der Waals surface area (Å²) in [6, 6.07) is 13.6. The van der Waals surface area contributed by atoms with Gasteiger partial charge in [-0.2, -0.15) is 0 Å². The van der Waals surface area contributed by atoms with Gasteiger partial charge < -0.3 is 19.7 Å². The number of carbonyl (C=O) groups excluding carboxylic acids is 1. The first-order valence-electron chi connectivity index (χ1n) is 10.9. The zero-order valence-corrected chi connectivity index (χ0v) is 18.8. The molecule has 1 saturated heterocycles. The number of anilines is 1. The number of amides is 1. The molecule has 0 bridgehead atoms. The predicted molar refractivity (Wildman–Crippen MR) is 124 cm³/mol. The third-order valence-electron chi connectivity index (χ3n) is 5.88. The Morgan fingerprint density at radius 2 is 1.85 bits per heavy atom. The number of benzene rings is 2. The summed E-state index contributed by atoms with van der Waals surface area (Å²) in [5.74, 6) is 2.46. The Bertz CT molecular complexity index is 1100. The zero-order valence-electron chi connectivity index (χ0n) is 18.8. The van der Waals surface area contributed by atoms with Crippen molar-refractivity contribution in [2.24, 2.45) is 5.92 Å². The number of hydrogen-bond acceptors (Lipinski definition) is 6. The summed E-state index contributed by atoms with van der Waals surface area (Å²) >= 11 is 0. The quantitative estimate of drug-likeness (QED) is 0.590. The molecule has 0 atom stereocenters. The fourth-order valence-corrected chi connectivity index (χ4v) is 3.96. The maximum atomic E-state index is 13.2. The second kappa shape index (κ2) is 10.3.